The third-order valence-electron chi connectivity index (χ3n) is 1.82. The van der Waals surface area contributed by atoms with Gasteiger partial charge in [-0.15, -0.1) is 0 Å². The minimum absolute atomic E-state index is 0. The Hall–Kier alpha value is 0.390. The van der Waals surface area contributed by atoms with Gasteiger partial charge in [0.2, 0.25) is 0 Å². The molecule has 0 heterocycles. The third-order valence-corrected chi connectivity index (χ3v) is 1.82. The molecule has 0 aliphatic carbocycles. The second-order valence-corrected chi connectivity index (χ2v) is 3.05. The molecule has 0 rings (SSSR count). The summed E-state index contributed by atoms with van der Waals surface area (Å²) in [7, 11) is 1.59. The van der Waals surface area contributed by atoms with Gasteiger partial charge in [0.15, 0.2) is 0 Å². The number of methoxy groups -OCH3 is 1. The Bertz CT molecular complexity index is 141. The molecule has 0 aliphatic rings. The Labute approximate surface area is 107 Å². The van der Waals surface area contributed by atoms with Crippen LogP contribution < -0.4 is 34.7 Å². The monoisotopic (exact) mass is 212 g/mol. The van der Waals surface area contributed by atoms with Gasteiger partial charge in [-0.3, -0.25) is 0 Å². The van der Waals surface area contributed by atoms with Crippen LogP contribution in [0.25, 0.3) is 0 Å². The number of carboxylic acid groups (broad SMARTS) is 1. The van der Waals surface area contributed by atoms with Gasteiger partial charge in [-0.05, 0) is 25.7 Å². The topological polar surface area (TPSA) is 69.6 Å². The zero-order valence-corrected chi connectivity index (χ0v) is 11.0. The van der Waals surface area contributed by atoms with Gasteiger partial charge in [0, 0.05) is 19.7 Å². The Kier molecular flexibility index (Phi) is 13.8. The molecule has 0 aromatic rings. The molecule has 0 spiro atoms. The summed E-state index contributed by atoms with van der Waals surface area (Å²) in [5.74, 6) is -1.02. The van der Waals surface area contributed by atoms with Gasteiger partial charge in [0.1, 0.15) is 0 Å². The van der Waals surface area contributed by atoms with Crippen molar-refractivity contribution in [1.29, 1.82) is 0 Å². The summed E-state index contributed by atoms with van der Waals surface area (Å²) >= 11 is 0. The standard InChI is InChI=1S/C9H18O4.Na/c1-13-7-6-8(10)4-2-3-5-9(11)12;/h8,10H,2-7H2,1H3,(H,11,12);/q;+1/p-1/t8-;/m0./s1. The first-order chi connectivity index (χ1) is 6.16. The summed E-state index contributed by atoms with van der Waals surface area (Å²) in [6.45, 7) is 0.543. The number of hydrogen-bond donors (Lipinski definition) is 1. The number of aliphatic hydroxyl groups excluding tert-OH is 1. The van der Waals surface area contributed by atoms with Crippen molar-refractivity contribution in [2.75, 3.05) is 13.7 Å². The predicted molar refractivity (Wildman–Crippen MR) is 46.0 cm³/mol. The van der Waals surface area contributed by atoms with Crippen LogP contribution >= 0.6 is 0 Å². The van der Waals surface area contributed by atoms with Crippen molar-refractivity contribution in [1.82, 2.24) is 0 Å². The maximum Gasteiger partial charge on any atom is 1.00 e. The van der Waals surface area contributed by atoms with E-state index in [1.165, 1.54) is 0 Å². The van der Waals surface area contributed by atoms with Crippen molar-refractivity contribution in [2.24, 2.45) is 0 Å². The van der Waals surface area contributed by atoms with Crippen molar-refractivity contribution in [3.63, 3.8) is 0 Å². The fourth-order valence-electron chi connectivity index (χ4n) is 1.05. The SMILES string of the molecule is COCC[C@@H](O)CCCCC(=O)[O-].[Na+]. The molecule has 14 heavy (non-hydrogen) atoms. The van der Waals surface area contributed by atoms with Crippen LogP contribution in [-0.2, 0) is 9.53 Å². The van der Waals surface area contributed by atoms with Gasteiger partial charge >= 0.3 is 29.6 Å². The predicted octanol–water partition coefficient (Wildman–Crippen LogP) is -3.30. The van der Waals surface area contributed by atoms with E-state index >= 15 is 0 Å². The van der Waals surface area contributed by atoms with E-state index in [1.54, 1.807) is 7.11 Å². The van der Waals surface area contributed by atoms with E-state index in [4.69, 9.17) is 4.74 Å². The minimum atomic E-state index is -1.02. The molecule has 0 aliphatic heterocycles. The Morgan fingerprint density at radius 3 is 2.57 bits per heavy atom. The summed E-state index contributed by atoms with van der Waals surface area (Å²) in [6.07, 6.45) is 2.25. The van der Waals surface area contributed by atoms with E-state index in [9.17, 15) is 15.0 Å². The van der Waals surface area contributed by atoms with Crippen molar-refractivity contribution >= 4 is 5.97 Å². The number of carbonyl (C=O) groups is 1. The molecule has 0 amide bonds. The van der Waals surface area contributed by atoms with Crippen molar-refractivity contribution in [3.8, 4) is 0 Å². The number of aliphatic carboxylic acids is 1. The summed E-state index contributed by atoms with van der Waals surface area (Å²) in [5.41, 5.74) is 0. The quantitative estimate of drug-likeness (QED) is 0.338. The number of ether oxygens (including phenoxy) is 1. The maximum atomic E-state index is 10.0. The van der Waals surface area contributed by atoms with E-state index < -0.39 is 5.97 Å². The summed E-state index contributed by atoms with van der Waals surface area (Å²) in [6, 6.07) is 0. The molecule has 0 bridgehead atoms. The normalized spacial score (nSPS) is 11.9. The second-order valence-electron chi connectivity index (χ2n) is 3.05. The first-order valence-electron chi connectivity index (χ1n) is 4.53. The Balaban J connectivity index is 0. The molecule has 0 saturated carbocycles. The van der Waals surface area contributed by atoms with Crippen LogP contribution in [-0.4, -0.2) is 30.9 Å². The van der Waals surface area contributed by atoms with Gasteiger partial charge in [0.25, 0.3) is 0 Å². The van der Waals surface area contributed by atoms with Crippen LogP contribution in [0, 0.1) is 0 Å². The molecular formula is C9H17NaO4. The molecule has 0 saturated heterocycles. The molecule has 1 N–H and O–H groups in total. The number of hydrogen-bond acceptors (Lipinski definition) is 4. The molecule has 78 valence electrons. The number of carboxylic acids is 1. The zero-order chi connectivity index (χ0) is 10.1. The van der Waals surface area contributed by atoms with Gasteiger partial charge in [-0.25, -0.2) is 0 Å². The van der Waals surface area contributed by atoms with E-state index in [2.05, 4.69) is 0 Å². The van der Waals surface area contributed by atoms with Crippen LogP contribution in [0.3, 0.4) is 0 Å². The first kappa shape index (κ1) is 16.8. The van der Waals surface area contributed by atoms with Crippen LogP contribution in [0.2, 0.25) is 0 Å². The van der Waals surface area contributed by atoms with Gasteiger partial charge in [-0.2, -0.15) is 0 Å². The second kappa shape index (κ2) is 11.5. The van der Waals surface area contributed by atoms with Crippen LogP contribution in [0.15, 0.2) is 0 Å². The fourth-order valence-corrected chi connectivity index (χ4v) is 1.05. The molecular weight excluding hydrogens is 195 g/mol. The van der Waals surface area contributed by atoms with E-state index in [-0.39, 0.29) is 42.1 Å². The van der Waals surface area contributed by atoms with E-state index in [0.29, 0.717) is 25.9 Å². The zero-order valence-electron chi connectivity index (χ0n) is 8.99. The van der Waals surface area contributed by atoms with Crippen molar-refractivity contribution in [2.45, 2.75) is 38.2 Å². The number of carbonyl (C=O) groups excluding carboxylic acids is 1. The van der Waals surface area contributed by atoms with Gasteiger partial charge < -0.3 is 19.7 Å². The molecule has 0 fully saturated rings. The molecule has 0 unspecified atom stereocenters. The maximum absolute atomic E-state index is 10.0. The van der Waals surface area contributed by atoms with Crippen LogP contribution in [0.5, 0.6) is 0 Å². The Morgan fingerprint density at radius 2 is 2.07 bits per heavy atom. The minimum Gasteiger partial charge on any atom is -0.550 e. The first-order valence-corrected chi connectivity index (χ1v) is 4.53. The number of rotatable bonds is 8. The van der Waals surface area contributed by atoms with Crippen LogP contribution in [0.4, 0.5) is 0 Å². The van der Waals surface area contributed by atoms with E-state index in [0.717, 1.165) is 6.42 Å². The average Bonchev–Trinajstić information content (AvgIpc) is 2.08. The van der Waals surface area contributed by atoms with Crippen molar-refractivity contribution in [3.05, 3.63) is 0 Å². The summed E-state index contributed by atoms with van der Waals surface area (Å²) < 4.78 is 4.79. The average molecular weight is 212 g/mol. The van der Waals surface area contributed by atoms with Crippen molar-refractivity contribution < 1.29 is 49.3 Å². The Morgan fingerprint density at radius 1 is 1.43 bits per heavy atom. The largest absolute Gasteiger partial charge is 1.00 e. The molecule has 0 aromatic carbocycles. The molecule has 5 heteroatoms. The van der Waals surface area contributed by atoms with Gasteiger partial charge in [-0.1, -0.05) is 6.42 Å². The molecule has 1 atom stereocenters. The summed E-state index contributed by atoms with van der Waals surface area (Å²) in [5, 5.41) is 19.3. The number of unbranched alkanes of at least 4 members (excludes halogenated alkanes) is 1. The van der Waals surface area contributed by atoms with Gasteiger partial charge in [0.05, 0.1) is 6.10 Å². The molecule has 4 nitrogen and oxygen atoms in total. The summed E-state index contributed by atoms with van der Waals surface area (Å²) in [4.78, 5) is 10.0. The van der Waals surface area contributed by atoms with Crippen LogP contribution in [0.1, 0.15) is 32.1 Å². The molecule has 0 aromatic heterocycles. The van der Waals surface area contributed by atoms with E-state index in [1.807, 2.05) is 0 Å². The number of aliphatic hydroxyl groups is 1. The fraction of sp³-hybridized carbons (Fsp3) is 0.889. The smallest absolute Gasteiger partial charge is 0.550 e. The molecule has 0 radical (unpaired) electrons. The third kappa shape index (κ3) is 12.4.